The molecule has 4 N–H and O–H groups in total. The zero-order chi connectivity index (χ0) is 29.6. The van der Waals surface area contributed by atoms with E-state index in [1.807, 2.05) is 0 Å². The number of hydrogen-bond donors (Lipinski definition) is 2. The van der Waals surface area contributed by atoms with Crippen LogP contribution in [0.5, 0.6) is 5.75 Å². The number of nitro groups is 1. The van der Waals surface area contributed by atoms with E-state index >= 15 is 0 Å². The molecule has 0 fully saturated rings. The molecule has 0 aliphatic rings. The van der Waals surface area contributed by atoms with Crippen LogP contribution in [0.15, 0.2) is 91.6 Å². The van der Waals surface area contributed by atoms with Gasteiger partial charge < -0.3 is 5.11 Å². The zero-order valence-corrected chi connectivity index (χ0v) is 22.7. The summed E-state index contributed by atoms with van der Waals surface area (Å²) in [7, 11) is -12.9. The van der Waals surface area contributed by atoms with Gasteiger partial charge in [0.25, 0.3) is 15.7 Å². The molecule has 0 aromatic heterocycles. The molecule has 40 heavy (non-hydrogen) atoms. The largest absolute Gasteiger partial charge is 0.507 e. The van der Waals surface area contributed by atoms with Gasteiger partial charge in [-0.15, -0.1) is 15.4 Å². The first-order chi connectivity index (χ1) is 18.5. The van der Waals surface area contributed by atoms with Gasteiger partial charge in [-0.3, -0.25) is 10.1 Å². The van der Waals surface area contributed by atoms with Gasteiger partial charge in [-0.1, -0.05) is 18.2 Å². The second-order valence-corrected chi connectivity index (χ2v) is 13.4. The number of phenols is 1. The molecule has 0 saturated carbocycles. The molecule has 0 bridgehead atoms. The number of nitrogens with zero attached hydrogens (tertiary/aromatic N) is 3. The molecule has 0 saturated heterocycles. The lowest BCUT2D eigenvalue weighted by atomic mass is 9.96. The maximum atomic E-state index is 12.3. The molecule has 0 amide bonds. The number of azo groups is 1. The SMILES string of the molecule is CS(=O)(=O)c1cc([N+](=O)[O-])ccc1N=Nc1ccc(O)c2cccc(-c3cc(S(N)(=O)=O)ccc3S([NH])(=O)=O)c12. The van der Waals surface area contributed by atoms with Crippen molar-refractivity contribution in [3.63, 3.8) is 0 Å². The van der Waals surface area contributed by atoms with Crippen molar-refractivity contribution in [3.8, 4) is 16.9 Å². The molecule has 4 aromatic carbocycles. The van der Waals surface area contributed by atoms with Crippen molar-refractivity contribution in [2.75, 3.05) is 6.26 Å². The molecular weight excluding hydrogens is 586 g/mol. The molecule has 0 aliphatic carbocycles. The third-order valence-electron chi connectivity index (χ3n) is 5.67. The maximum absolute atomic E-state index is 12.3. The van der Waals surface area contributed by atoms with Gasteiger partial charge in [0.15, 0.2) is 9.84 Å². The number of nitrogens with one attached hydrogen (secondary N) is 1. The maximum Gasteiger partial charge on any atom is 0.270 e. The predicted molar refractivity (Wildman–Crippen MR) is 143 cm³/mol. The number of phenolic OH excluding ortho intramolecular Hbond substituents is 1. The number of rotatable bonds is 7. The monoisotopic (exact) mass is 604 g/mol. The summed E-state index contributed by atoms with van der Waals surface area (Å²) in [5, 5.41) is 42.7. The summed E-state index contributed by atoms with van der Waals surface area (Å²) in [5.41, 5.74) is -0.948. The van der Waals surface area contributed by atoms with Gasteiger partial charge in [0.05, 0.1) is 20.4 Å². The van der Waals surface area contributed by atoms with Crippen LogP contribution in [0.3, 0.4) is 0 Å². The molecule has 0 aliphatic heterocycles. The van der Waals surface area contributed by atoms with E-state index in [9.17, 15) is 40.5 Å². The van der Waals surface area contributed by atoms with Crippen molar-refractivity contribution in [3.05, 3.63) is 76.8 Å². The van der Waals surface area contributed by atoms with Crippen LogP contribution in [-0.2, 0) is 29.9 Å². The Kier molecular flexibility index (Phi) is 7.20. The Morgan fingerprint density at radius 1 is 0.850 bits per heavy atom. The summed E-state index contributed by atoms with van der Waals surface area (Å²) >= 11 is 0. The number of fused-ring (bicyclic) bond motifs is 1. The van der Waals surface area contributed by atoms with E-state index in [0.29, 0.717) is 0 Å². The van der Waals surface area contributed by atoms with Gasteiger partial charge in [-0.2, -0.15) is 0 Å². The number of nitro benzene ring substituents is 1. The Bertz CT molecular complexity index is 2080. The third kappa shape index (κ3) is 5.68. The van der Waals surface area contributed by atoms with Crippen molar-refractivity contribution in [1.29, 1.82) is 0 Å². The number of primary sulfonamides is 1. The van der Waals surface area contributed by atoms with Gasteiger partial charge in [0.1, 0.15) is 16.3 Å². The molecular formula is C23H18N5O9S3. The summed E-state index contributed by atoms with van der Waals surface area (Å²) in [6.45, 7) is 0. The fourth-order valence-corrected chi connectivity index (χ4v) is 5.98. The minimum absolute atomic E-state index is 0.0180. The molecule has 207 valence electrons. The zero-order valence-electron chi connectivity index (χ0n) is 20.2. The van der Waals surface area contributed by atoms with Crippen LogP contribution in [0.2, 0.25) is 0 Å². The fraction of sp³-hybridized carbons (Fsp3) is 0.0435. The van der Waals surface area contributed by atoms with Crippen LogP contribution in [0, 0.1) is 10.1 Å². The number of hydrogen-bond acceptors (Lipinski definition) is 11. The van der Waals surface area contributed by atoms with Crippen molar-refractivity contribution >= 4 is 57.7 Å². The number of non-ortho nitro benzene ring substituents is 1. The highest BCUT2D eigenvalue weighted by Crippen LogP contribution is 2.42. The number of sulfonamides is 2. The Balaban J connectivity index is 2.05. The summed E-state index contributed by atoms with van der Waals surface area (Å²) in [5.74, 6) is -0.263. The fourth-order valence-electron chi connectivity index (χ4n) is 3.92. The van der Waals surface area contributed by atoms with Crippen LogP contribution in [-0.4, -0.2) is 41.5 Å². The summed E-state index contributed by atoms with van der Waals surface area (Å²) < 4.78 is 73.2. The van der Waals surface area contributed by atoms with Crippen molar-refractivity contribution in [2.45, 2.75) is 14.7 Å². The lowest BCUT2D eigenvalue weighted by Gasteiger charge is -2.14. The van der Waals surface area contributed by atoms with Crippen LogP contribution < -0.4 is 10.3 Å². The summed E-state index contributed by atoms with van der Waals surface area (Å²) in [4.78, 5) is 8.88. The number of sulfone groups is 1. The standard InChI is InChI=1S/C23H18N5O9S3/c1-38(32,33)22-11-13(28(30)31)5-7-18(22)26-27-19-8-9-20(29)16-4-2-3-15(23(16)19)17-12-14(39(24,34)35)6-10-21(17)40(25,36)37/h2-12,25,29H,1H3,(H2,24,34,35). The Labute approximate surface area is 227 Å². The number of nitrogens with two attached hydrogens (primary N) is 1. The molecule has 14 nitrogen and oxygen atoms in total. The average molecular weight is 605 g/mol. The Hall–Kier alpha value is -4.29. The van der Waals surface area contributed by atoms with Crippen molar-refractivity contribution in [2.24, 2.45) is 15.4 Å². The van der Waals surface area contributed by atoms with E-state index < -0.39 is 55.2 Å². The van der Waals surface area contributed by atoms with Crippen molar-refractivity contribution < 1.29 is 35.3 Å². The molecule has 4 aromatic rings. The molecule has 1 radical (unpaired) electrons. The highest BCUT2D eigenvalue weighted by atomic mass is 32.2. The normalized spacial score (nSPS) is 12.7. The van der Waals surface area contributed by atoms with Gasteiger partial charge in [0.2, 0.25) is 10.0 Å². The Morgan fingerprint density at radius 2 is 1.50 bits per heavy atom. The highest BCUT2D eigenvalue weighted by Gasteiger charge is 2.23. The number of aromatic hydroxyl groups is 1. The van der Waals surface area contributed by atoms with Gasteiger partial charge >= 0.3 is 0 Å². The highest BCUT2D eigenvalue weighted by molar-refractivity contribution is 7.91. The molecule has 0 atom stereocenters. The first-order valence-corrected chi connectivity index (χ1v) is 15.7. The smallest absolute Gasteiger partial charge is 0.270 e. The van der Waals surface area contributed by atoms with Crippen molar-refractivity contribution in [1.82, 2.24) is 5.14 Å². The summed E-state index contributed by atoms with van der Waals surface area (Å²) in [6.07, 6.45) is 0.834. The molecule has 0 heterocycles. The van der Waals surface area contributed by atoms with E-state index in [1.165, 1.54) is 30.3 Å². The van der Waals surface area contributed by atoms with E-state index in [2.05, 4.69) is 10.2 Å². The van der Waals surface area contributed by atoms with Crippen LogP contribution >= 0.6 is 0 Å². The second kappa shape index (κ2) is 10.0. The molecule has 17 heteroatoms. The van der Waals surface area contributed by atoms with Gasteiger partial charge in [-0.05, 0) is 42.0 Å². The predicted octanol–water partition coefficient (Wildman–Crippen LogP) is 3.56. The van der Waals surface area contributed by atoms with Gasteiger partial charge in [0, 0.05) is 34.7 Å². The van der Waals surface area contributed by atoms with Gasteiger partial charge in [-0.25, -0.2) is 30.4 Å². The quantitative estimate of drug-likeness (QED) is 0.178. The molecule has 0 unspecified atom stereocenters. The lowest BCUT2D eigenvalue weighted by molar-refractivity contribution is -0.385. The lowest BCUT2D eigenvalue weighted by Crippen LogP contribution is -2.13. The second-order valence-electron chi connectivity index (χ2n) is 8.42. The van der Waals surface area contributed by atoms with E-state index in [-0.39, 0.29) is 39.0 Å². The third-order valence-corrected chi connectivity index (χ3v) is 8.65. The minimum atomic E-state index is -4.65. The average Bonchev–Trinajstić information content (AvgIpc) is 2.86. The Morgan fingerprint density at radius 3 is 2.10 bits per heavy atom. The molecule has 0 spiro atoms. The first-order valence-electron chi connectivity index (χ1n) is 10.8. The topological polar surface area (TPSA) is 240 Å². The van der Waals surface area contributed by atoms with Crippen LogP contribution in [0.4, 0.5) is 17.1 Å². The summed E-state index contributed by atoms with van der Waals surface area (Å²) in [6, 6.07) is 12.6. The van der Waals surface area contributed by atoms with Crippen LogP contribution in [0.1, 0.15) is 0 Å². The van der Waals surface area contributed by atoms with Crippen LogP contribution in [0.25, 0.3) is 21.9 Å². The van der Waals surface area contributed by atoms with E-state index in [0.717, 1.165) is 42.7 Å². The van der Waals surface area contributed by atoms with E-state index in [1.54, 1.807) is 0 Å². The van der Waals surface area contributed by atoms with E-state index in [4.69, 9.17) is 10.3 Å². The molecule has 4 rings (SSSR count). The number of benzene rings is 4. The first kappa shape index (κ1) is 28.7. The minimum Gasteiger partial charge on any atom is -0.507 e.